The smallest absolute Gasteiger partial charge is 0.267 e. The van der Waals surface area contributed by atoms with Crippen molar-refractivity contribution < 1.29 is 14.3 Å². The Morgan fingerprint density at radius 3 is 2.75 bits per heavy atom. The van der Waals surface area contributed by atoms with Crippen molar-refractivity contribution in [2.45, 2.75) is 38.5 Å². The van der Waals surface area contributed by atoms with E-state index in [2.05, 4.69) is 10.3 Å². The number of rotatable bonds is 3. The molecule has 24 heavy (non-hydrogen) atoms. The summed E-state index contributed by atoms with van der Waals surface area (Å²) in [6, 6.07) is 3.37. The number of fused-ring (bicyclic) bond motifs is 1. The van der Waals surface area contributed by atoms with Crippen LogP contribution in [0, 0.1) is 6.92 Å². The number of thiazole rings is 1. The number of amides is 1. The van der Waals surface area contributed by atoms with Crippen LogP contribution in [0.3, 0.4) is 0 Å². The van der Waals surface area contributed by atoms with E-state index in [0.717, 1.165) is 10.7 Å². The molecule has 1 fully saturated rings. The summed E-state index contributed by atoms with van der Waals surface area (Å²) in [6.45, 7) is 2.05. The predicted molar refractivity (Wildman–Crippen MR) is 93.0 cm³/mol. The summed E-state index contributed by atoms with van der Waals surface area (Å²) >= 11 is 1.50. The number of ether oxygens (including phenoxy) is 2. The molecular weight excluding hydrogens is 326 g/mol. The van der Waals surface area contributed by atoms with Crippen LogP contribution in [0.4, 0.5) is 11.4 Å². The third kappa shape index (κ3) is 2.69. The van der Waals surface area contributed by atoms with Crippen molar-refractivity contribution >= 4 is 28.6 Å². The number of nitrogen functional groups attached to an aromatic ring is 1. The second-order valence-electron chi connectivity index (χ2n) is 6.19. The second kappa shape index (κ2) is 5.98. The van der Waals surface area contributed by atoms with Gasteiger partial charge in [-0.2, -0.15) is 0 Å². The second-order valence-corrected chi connectivity index (χ2v) is 7.23. The molecule has 1 amide bonds. The van der Waals surface area contributed by atoms with E-state index in [4.69, 9.17) is 15.2 Å². The van der Waals surface area contributed by atoms with Crippen LogP contribution in [0.5, 0.6) is 11.5 Å². The van der Waals surface area contributed by atoms with Gasteiger partial charge < -0.3 is 20.5 Å². The lowest BCUT2D eigenvalue weighted by Crippen LogP contribution is -2.13. The fraction of sp³-hybridized carbons (Fsp3) is 0.412. The Labute approximate surface area is 144 Å². The van der Waals surface area contributed by atoms with E-state index < -0.39 is 0 Å². The highest BCUT2D eigenvalue weighted by molar-refractivity contribution is 7.14. The average Bonchev–Trinajstić information content (AvgIpc) is 3.26. The van der Waals surface area contributed by atoms with E-state index >= 15 is 0 Å². The zero-order chi connectivity index (χ0) is 16.7. The van der Waals surface area contributed by atoms with Crippen molar-refractivity contribution in [1.29, 1.82) is 0 Å². The molecule has 0 radical (unpaired) electrons. The number of anilines is 2. The molecule has 2 aliphatic rings. The molecule has 7 heteroatoms. The van der Waals surface area contributed by atoms with Gasteiger partial charge in [-0.25, -0.2) is 4.98 Å². The van der Waals surface area contributed by atoms with E-state index in [-0.39, 0.29) is 12.7 Å². The molecule has 4 rings (SSSR count). The Bertz CT molecular complexity index is 797. The minimum absolute atomic E-state index is 0.172. The summed E-state index contributed by atoms with van der Waals surface area (Å²) in [4.78, 5) is 17.9. The molecule has 1 saturated carbocycles. The summed E-state index contributed by atoms with van der Waals surface area (Å²) in [5.41, 5.74) is 7.75. The molecule has 1 aliphatic heterocycles. The van der Waals surface area contributed by atoms with Crippen LogP contribution >= 0.6 is 11.3 Å². The van der Waals surface area contributed by atoms with Gasteiger partial charge in [-0.3, -0.25) is 4.79 Å². The molecular formula is C17H19N3O3S. The molecule has 2 heterocycles. The monoisotopic (exact) mass is 345 g/mol. The normalized spacial score (nSPS) is 16.5. The molecule has 0 saturated heterocycles. The third-order valence-corrected chi connectivity index (χ3v) is 5.84. The fourth-order valence-corrected chi connectivity index (χ4v) is 4.35. The molecule has 0 atom stereocenters. The standard InChI is InChI=1S/C17H19N3O3S/c1-9-15(24-17(19-9)10-4-2-3-5-10)16(21)20-12-7-14-13(6-11(12)18)22-8-23-14/h6-7,10H,2-5,8,18H2,1H3,(H,20,21). The zero-order valence-corrected chi connectivity index (χ0v) is 14.2. The maximum Gasteiger partial charge on any atom is 0.267 e. The minimum atomic E-state index is -0.181. The molecule has 3 N–H and O–H groups in total. The summed E-state index contributed by atoms with van der Waals surface area (Å²) in [5.74, 6) is 1.51. The van der Waals surface area contributed by atoms with E-state index in [1.54, 1.807) is 12.1 Å². The average molecular weight is 345 g/mol. The maximum atomic E-state index is 12.6. The largest absolute Gasteiger partial charge is 0.454 e. The van der Waals surface area contributed by atoms with E-state index in [0.29, 0.717) is 33.7 Å². The van der Waals surface area contributed by atoms with Gasteiger partial charge in [-0.15, -0.1) is 11.3 Å². The van der Waals surface area contributed by atoms with Crippen molar-refractivity contribution in [1.82, 2.24) is 4.98 Å². The molecule has 0 bridgehead atoms. The summed E-state index contributed by atoms with van der Waals surface area (Å²) in [5, 5.41) is 3.95. The molecule has 1 aromatic heterocycles. The van der Waals surface area contributed by atoms with Gasteiger partial charge in [0.1, 0.15) is 4.88 Å². The number of carbonyl (C=O) groups is 1. The number of nitrogens with zero attached hydrogens (tertiary/aromatic N) is 1. The predicted octanol–water partition coefficient (Wildman–Crippen LogP) is 3.67. The summed E-state index contributed by atoms with van der Waals surface area (Å²) in [6.07, 6.45) is 4.84. The summed E-state index contributed by atoms with van der Waals surface area (Å²) < 4.78 is 10.6. The Balaban J connectivity index is 1.56. The van der Waals surface area contributed by atoms with Crippen LogP contribution in [0.1, 0.15) is 52.0 Å². The van der Waals surface area contributed by atoms with E-state index in [1.807, 2.05) is 6.92 Å². The van der Waals surface area contributed by atoms with Crippen molar-refractivity contribution in [3.8, 4) is 11.5 Å². The Kier molecular flexibility index (Phi) is 3.80. The van der Waals surface area contributed by atoms with E-state index in [9.17, 15) is 4.79 Å². The van der Waals surface area contributed by atoms with Crippen LogP contribution in [0.2, 0.25) is 0 Å². The first kappa shape index (κ1) is 15.3. The first-order valence-electron chi connectivity index (χ1n) is 8.09. The molecule has 1 aromatic carbocycles. The van der Waals surface area contributed by atoms with Crippen LogP contribution in [0.15, 0.2) is 12.1 Å². The van der Waals surface area contributed by atoms with Crippen molar-refractivity contribution in [3.63, 3.8) is 0 Å². The van der Waals surface area contributed by atoms with Crippen molar-refractivity contribution in [2.75, 3.05) is 17.8 Å². The van der Waals surface area contributed by atoms with Crippen molar-refractivity contribution in [2.24, 2.45) is 0 Å². The lowest BCUT2D eigenvalue weighted by atomic mass is 10.1. The summed E-state index contributed by atoms with van der Waals surface area (Å²) in [7, 11) is 0. The molecule has 0 unspecified atom stereocenters. The van der Waals surface area contributed by atoms with Gasteiger partial charge in [-0.05, 0) is 19.8 Å². The maximum absolute atomic E-state index is 12.6. The number of carbonyl (C=O) groups excluding carboxylic acids is 1. The highest BCUT2D eigenvalue weighted by Gasteiger charge is 2.24. The van der Waals surface area contributed by atoms with Gasteiger partial charge in [0.05, 0.1) is 22.1 Å². The molecule has 126 valence electrons. The quantitative estimate of drug-likeness (QED) is 0.829. The first-order valence-corrected chi connectivity index (χ1v) is 8.91. The lowest BCUT2D eigenvalue weighted by Gasteiger charge is -2.08. The fourth-order valence-electron chi connectivity index (χ4n) is 3.22. The van der Waals surface area contributed by atoms with Gasteiger partial charge in [-0.1, -0.05) is 12.8 Å². The highest BCUT2D eigenvalue weighted by atomic mass is 32.1. The van der Waals surface area contributed by atoms with Gasteiger partial charge in [0, 0.05) is 18.1 Å². The van der Waals surface area contributed by atoms with Gasteiger partial charge >= 0.3 is 0 Å². The molecule has 6 nitrogen and oxygen atoms in total. The van der Waals surface area contributed by atoms with Crippen LogP contribution in [-0.2, 0) is 0 Å². The topological polar surface area (TPSA) is 86.5 Å². The molecule has 2 aromatic rings. The highest BCUT2D eigenvalue weighted by Crippen LogP contribution is 2.39. The minimum Gasteiger partial charge on any atom is -0.454 e. The van der Waals surface area contributed by atoms with E-state index in [1.165, 1.54) is 37.0 Å². The SMILES string of the molecule is Cc1nc(C2CCCC2)sc1C(=O)Nc1cc2c(cc1N)OCO2. The number of nitrogens with one attached hydrogen (secondary N) is 1. The Hall–Kier alpha value is -2.28. The number of benzene rings is 1. The van der Waals surface area contributed by atoms with Crippen LogP contribution in [0.25, 0.3) is 0 Å². The number of aromatic nitrogens is 1. The number of hydrogen-bond acceptors (Lipinski definition) is 6. The molecule has 0 spiro atoms. The molecule has 1 aliphatic carbocycles. The number of aryl methyl sites for hydroxylation is 1. The first-order chi connectivity index (χ1) is 11.6. The Morgan fingerprint density at radius 1 is 1.29 bits per heavy atom. The van der Waals surface area contributed by atoms with Gasteiger partial charge in [0.2, 0.25) is 6.79 Å². The lowest BCUT2D eigenvalue weighted by molar-refractivity contribution is 0.103. The number of hydrogen-bond donors (Lipinski definition) is 2. The zero-order valence-electron chi connectivity index (χ0n) is 13.4. The van der Waals surface area contributed by atoms with Crippen molar-refractivity contribution in [3.05, 3.63) is 27.7 Å². The third-order valence-electron chi connectivity index (χ3n) is 4.52. The van der Waals surface area contributed by atoms with Gasteiger partial charge in [0.25, 0.3) is 5.91 Å². The van der Waals surface area contributed by atoms with Crippen LogP contribution in [-0.4, -0.2) is 17.7 Å². The van der Waals surface area contributed by atoms with Crippen LogP contribution < -0.4 is 20.5 Å². The number of nitrogens with two attached hydrogens (primary N) is 1. The Morgan fingerprint density at radius 2 is 2.00 bits per heavy atom. The van der Waals surface area contributed by atoms with Gasteiger partial charge in [0.15, 0.2) is 11.5 Å².